The van der Waals surface area contributed by atoms with Crippen LogP contribution in [0, 0.1) is 0 Å². The molecule has 0 fully saturated rings. The van der Waals surface area contributed by atoms with Crippen LogP contribution in [0.25, 0.3) is 0 Å². The molecule has 0 aliphatic heterocycles. The summed E-state index contributed by atoms with van der Waals surface area (Å²) in [6.07, 6.45) is 91.7. The van der Waals surface area contributed by atoms with Gasteiger partial charge in [-0.05, 0) is 83.1 Å². The molecule has 0 aromatic heterocycles. The number of ether oxygens (including phenoxy) is 1. The van der Waals surface area contributed by atoms with Crippen molar-refractivity contribution in [3.63, 3.8) is 0 Å². The summed E-state index contributed by atoms with van der Waals surface area (Å²) in [5.41, 5.74) is 0. The van der Waals surface area contributed by atoms with Crippen molar-refractivity contribution in [2.45, 2.75) is 367 Å². The first-order valence-corrected chi connectivity index (χ1v) is 39.4. The van der Waals surface area contributed by atoms with Crippen LogP contribution in [0.1, 0.15) is 355 Å². The summed E-state index contributed by atoms with van der Waals surface area (Å²) < 4.78 is 30.9. The number of carbonyl (C=O) groups is 2. The molecule has 89 heavy (non-hydrogen) atoms. The molecule has 0 saturated carbocycles. The molecule has 3 unspecified atom stereocenters. The van der Waals surface area contributed by atoms with E-state index in [1.165, 1.54) is 212 Å². The van der Waals surface area contributed by atoms with Crippen molar-refractivity contribution < 1.29 is 37.3 Å². The second-order valence-corrected chi connectivity index (χ2v) is 28.3. The highest BCUT2D eigenvalue weighted by Gasteiger charge is 2.30. The summed E-state index contributed by atoms with van der Waals surface area (Å²) in [5.74, 6) is -0.501. The van der Waals surface area contributed by atoms with Crippen molar-refractivity contribution in [2.75, 3.05) is 40.9 Å². The fourth-order valence-electron chi connectivity index (χ4n) is 11.1. The molecule has 0 heterocycles. The van der Waals surface area contributed by atoms with Crippen molar-refractivity contribution in [3.05, 3.63) is 85.1 Å². The Bertz CT molecular complexity index is 1800. The number of esters is 1. The Hall–Kier alpha value is -2.81. The van der Waals surface area contributed by atoms with E-state index in [1.807, 2.05) is 33.3 Å². The lowest BCUT2D eigenvalue weighted by Crippen LogP contribution is -2.47. The van der Waals surface area contributed by atoms with Crippen LogP contribution in [0.2, 0.25) is 0 Å². The number of likely N-dealkylation sites (N-methyl/N-ethyl adjacent to an activating group) is 1. The molecule has 1 amide bonds. The van der Waals surface area contributed by atoms with Gasteiger partial charge in [0, 0.05) is 12.8 Å². The van der Waals surface area contributed by atoms with Gasteiger partial charge >= 0.3 is 13.8 Å². The summed E-state index contributed by atoms with van der Waals surface area (Å²) >= 11 is 0. The predicted molar refractivity (Wildman–Crippen MR) is 388 cm³/mol. The van der Waals surface area contributed by atoms with Crippen LogP contribution in [0.5, 0.6) is 0 Å². The van der Waals surface area contributed by atoms with Crippen molar-refractivity contribution in [1.82, 2.24) is 5.32 Å². The molecule has 0 aliphatic rings. The van der Waals surface area contributed by atoms with Crippen molar-refractivity contribution in [1.29, 1.82) is 0 Å². The van der Waals surface area contributed by atoms with E-state index in [0.29, 0.717) is 23.9 Å². The number of nitrogens with zero attached hydrogens (tertiary/aromatic N) is 1. The van der Waals surface area contributed by atoms with E-state index in [2.05, 4.69) is 99.0 Å². The van der Waals surface area contributed by atoms with E-state index < -0.39 is 20.0 Å². The van der Waals surface area contributed by atoms with Crippen molar-refractivity contribution >= 4 is 19.7 Å². The summed E-state index contributed by atoms with van der Waals surface area (Å²) in [5, 5.41) is 3.08. The lowest BCUT2D eigenvalue weighted by molar-refractivity contribution is -0.870. The number of phosphoric ester groups is 1. The fourth-order valence-corrected chi connectivity index (χ4v) is 11.8. The number of carbonyl (C=O) groups excluding carboxylic acids is 2. The highest BCUT2D eigenvalue weighted by Crippen LogP contribution is 2.43. The van der Waals surface area contributed by atoms with Gasteiger partial charge in [-0.3, -0.25) is 18.6 Å². The van der Waals surface area contributed by atoms with Crippen molar-refractivity contribution in [3.8, 4) is 0 Å². The molecule has 10 heteroatoms. The first kappa shape index (κ1) is 86.2. The van der Waals surface area contributed by atoms with Crippen LogP contribution in [-0.4, -0.2) is 74.3 Å². The number of allylic oxidation sites excluding steroid dienone is 13. The molecular formula is C79H146N2O7P+. The zero-order valence-corrected chi connectivity index (χ0v) is 60.3. The van der Waals surface area contributed by atoms with Gasteiger partial charge in [-0.25, -0.2) is 4.57 Å². The molecule has 0 bridgehead atoms. The maximum atomic E-state index is 13.7. The Morgan fingerprint density at radius 3 is 1.08 bits per heavy atom. The minimum Gasteiger partial charge on any atom is -0.456 e. The smallest absolute Gasteiger partial charge is 0.456 e. The highest BCUT2D eigenvalue weighted by molar-refractivity contribution is 7.47. The van der Waals surface area contributed by atoms with Gasteiger partial charge in [0.25, 0.3) is 0 Å². The summed E-state index contributed by atoms with van der Waals surface area (Å²) in [7, 11) is 1.50. The molecule has 0 radical (unpaired) electrons. The number of hydrogen-bond acceptors (Lipinski definition) is 6. The van der Waals surface area contributed by atoms with Crippen molar-refractivity contribution in [2.24, 2.45) is 0 Å². The molecule has 3 atom stereocenters. The van der Waals surface area contributed by atoms with Crippen LogP contribution < -0.4 is 5.32 Å². The number of nitrogens with one attached hydrogen (secondary N) is 1. The molecule has 0 rings (SSSR count). The van der Waals surface area contributed by atoms with E-state index in [4.69, 9.17) is 13.8 Å². The van der Waals surface area contributed by atoms with Gasteiger partial charge in [0.05, 0.1) is 33.8 Å². The van der Waals surface area contributed by atoms with Crippen LogP contribution in [0.4, 0.5) is 0 Å². The normalized spacial score (nSPS) is 13.9. The number of unbranched alkanes of at least 4 members (excludes halogenated alkanes) is 41. The molecule has 518 valence electrons. The Balaban J connectivity index is 5.05. The van der Waals surface area contributed by atoms with Crippen LogP contribution in [0.15, 0.2) is 85.1 Å². The number of rotatable bonds is 69. The monoisotopic (exact) mass is 1270 g/mol. The van der Waals surface area contributed by atoms with Gasteiger partial charge in [0.1, 0.15) is 19.3 Å². The minimum atomic E-state index is -4.46. The Morgan fingerprint density at radius 1 is 0.404 bits per heavy atom. The van der Waals surface area contributed by atoms with Gasteiger partial charge in [-0.15, -0.1) is 0 Å². The van der Waals surface area contributed by atoms with Gasteiger partial charge in [-0.2, -0.15) is 0 Å². The Morgan fingerprint density at radius 2 is 0.719 bits per heavy atom. The molecule has 0 spiro atoms. The molecular weight excluding hydrogens is 1120 g/mol. The second kappa shape index (κ2) is 68.1. The zero-order valence-electron chi connectivity index (χ0n) is 59.4. The summed E-state index contributed by atoms with van der Waals surface area (Å²) in [6.45, 7) is 6.94. The molecule has 0 aromatic carbocycles. The molecule has 0 saturated heterocycles. The topological polar surface area (TPSA) is 111 Å². The lowest BCUT2D eigenvalue weighted by atomic mass is 10.0. The maximum absolute atomic E-state index is 13.7. The Labute approximate surface area is 552 Å². The largest absolute Gasteiger partial charge is 0.472 e. The van der Waals surface area contributed by atoms with E-state index in [0.717, 1.165) is 109 Å². The van der Waals surface area contributed by atoms with E-state index in [-0.39, 0.29) is 25.1 Å². The zero-order chi connectivity index (χ0) is 64.9. The van der Waals surface area contributed by atoms with Gasteiger partial charge in [0.2, 0.25) is 5.91 Å². The van der Waals surface area contributed by atoms with Crippen LogP contribution >= 0.6 is 7.82 Å². The fraction of sp³-hybridized carbons (Fsp3) is 0.797. The Kier molecular flexibility index (Phi) is 65.9. The third-order valence-corrected chi connectivity index (χ3v) is 17.8. The van der Waals surface area contributed by atoms with Gasteiger partial charge < -0.3 is 19.4 Å². The van der Waals surface area contributed by atoms with E-state index >= 15 is 0 Å². The number of phosphoric acid groups is 1. The third-order valence-electron chi connectivity index (χ3n) is 16.8. The highest BCUT2D eigenvalue weighted by atomic mass is 31.2. The molecule has 0 aliphatic carbocycles. The van der Waals surface area contributed by atoms with Gasteiger partial charge in [-0.1, -0.05) is 344 Å². The van der Waals surface area contributed by atoms with E-state index in [9.17, 15) is 19.0 Å². The van der Waals surface area contributed by atoms with Crippen LogP contribution in [-0.2, 0) is 27.9 Å². The number of quaternary nitrogens is 1. The summed E-state index contributed by atoms with van der Waals surface area (Å²) in [6, 6.07) is -0.857. The minimum absolute atomic E-state index is 0.0372. The molecule has 0 aromatic rings. The van der Waals surface area contributed by atoms with Gasteiger partial charge in [0.15, 0.2) is 0 Å². The second-order valence-electron chi connectivity index (χ2n) is 26.8. The van der Waals surface area contributed by atoms with E-state index in [1.54, 1.807) is 0 Å². The molecule has 2 N–H and O–H groups in total. The molecule has 9 nitrogen and oxygen atoms in total. The lowest BCUT2D eigenvalue weighted by Gasteiger charge is -2.27. The summed E-state index contributed by atoms with van der Waals surface area (Å²) in [4.78, 5) is 38.0. The third kappa shape index (κ3) is 69.4. The SMILES string of the molecule is CC/C=C\C/C=C\C/C=C\C/C=C\C/C=C\C/C=C\CCCCCCCCCCC(=O)NC(COP(=O)(O)OCC[N+](C)(C)C)C(/C=C/CCCCCCCCCCCCC)OC(=O)CCCCCCCCCCCCCCCCCCCCCCCCC. The first-order valence-electron chi connectivity index (χ1n) is 37.9. The number of amides is 1. The predicted octanol–water partition coefficient (Wildman–Crippen LogP) is 24.5. The first-order chi connectivity index (χ1) is 43.4. The average molecular weight is 1270 g/mol. The average Bonchev–Trinajstić information content (AvgIpc) is 3.65. The standard InChI is InChI=1S/C79H145N2O7P/c1-7-10-13-16-19-22-25-28-30-32-34-36-38-39-40-41-43-44-46-48-50-53-56-59-62-65-68-71-78(82)80-76(75-87-89(84,85)86-74-73-81(4,5)6)77(70-67-64-61-58-55-52-27-24-21-18-15-12-9-3)88-79(83)72-69-66-63-60-57-54-51-49-47-45-42-37-35-33-31-29-26-23-20-17-14-11-8-2/h10,13,19,22,28,30,34,36,39-40,43-44,67,70,76-77H,7-9,11-12,14-18,20-21,23-27,29,31-33,35,37-38,41-42,45-66,68-69,71-75H2,1-6H3,(H-,80,82,84,85)/p+1/b13-10-,22-19-,30-28-,36-34-,40-39-,44-43-,70-67+. The maximum Gasteiger partial charge on any atom is 0.472 e. The quantitative estimate of drug-likeness (QED) is 0.0205. The van der Waals surface area contributed by atoms with Crippen LogP contribution in [0.3, 0.4) is 0 Å². The number of hydrogen-bond donors (Lipinski definition) is 2.